The normalized spacial score (nSPS) is 15.3. The Kier molecular flexibility index (Phi) is 21.4. The average molecular weight is 869 g/mol. The van der Waals surface area contributed by atoms with Gasteiger partial charge in [0.1, 0.15) is 0 Å². The van der Waals surface area contributed by atoms with E-state index in [2.05, 4.69) is 45.3 Å². The molecule has 1 aliphatic heterocycles. The van der Waals surface area contributed by atoms with Gasteiger partial charge in [-0.15, -0.1) is 0 Å². The number of rotatable bonds is 23. The molecule has 5 rings (SSSR count). The van der Waals surface area contributed by atoms with Gasteiger partial charge in [0.15, 0.2) is 6.29 Å². The third kappa shape index (κ3) is 20.2. The van der Waals surface area contributed by atoms with Crippen molar-refractivity contribution in [3.8, 4) is 0 Å². The average Bonchev–Trinajstić information content (AvgIpc) is 3.27. The molecule has 0 aromatic carbocycles. The summed E-state index contributed by atoms with van der Waals surface area (Å²) < 4.78 is 0. The summed E-state index contributed by atoms with van der Waals surface area (Å²) in [6.07, 6.45) is 5.74. The molecule has 4 aromatic rings. The number of hydrogen-bond donors (Lipinski definition) is 5. The SMILES string of the molecule is O=C(O)CN1CCN(CC(=O)NCCN(Cc2ccccn2)Cc2ccccn2)CCN(CCC(O)O)CCN(CC(=O)NCCN(Cc2ccccn2)Cc2ccccn2)CC1. The minimum Gasteiger partial charge on any atom is -0.480 e. The van der Waals surface area contributed by atoms with Crippen LogP contribution in [0.3, 0.4) is 0 Å². The van der Waals surface area contributed by atoms with Crippen molar-refractivity contribution in [2.24, 2.45) is 0 Å². The molecule has 63 heavy (non-hydrogen) atoms. The second-order valence-corrected chi connectivity index (χ2v) is 15.7. The number of carboxylic acid groups (broad SMARTS) is 1. The van der Waals surface area contributed by atoms with Gasteiger partial charge < -0.3 is 30.9 Å². The van der Waals surface area contributed by atoms with E-state index in [1.54, 1.807) is 24.8 Å². The number of pyridine rings is 4. The minimum absolute atomic E-state index is 0.116. The van der Waals surface area contributed by atoms with Crippen LogP contribution in [-0.4, -0.2) is 193 Å². The number of nitrogens with zero attached hydrogens (tertiary/aromatic N) is 10. The number of carbonyl (C=O) groups is 3. The Morgan fingerprint density at radius 3 is 1.16 bits per heavy atom. The van der Waals surface area contributed by atoms with E-state index in [1.165, 1.54) is 0 Å². The van der Waals surface area contributed by atoms with Crippen molar-refractivity contribution in [2.75, 3.05) is 105 Å². The number of aliphatic carboxylic acids is 1. The number of nitrogens with one attached hydrogen (secondary N) is 2. The Hall–Kier alpha value is -5.31. The van der Waals surface area contributed by atoms with Crippen LogP contribution in [0.25, 0.3) is 0 Å². The van der Waals surface area contributed by atoms with Crippen LogP contribution in [0.1, 0.15) is 29.2 Å². The smallest absolute Gasteiger partial charge is 0.317 e. The molecule has 0 radical (unpaired) electrons. The molecule has 340 valence electrons. The van der Waals surface area contributed by atoms with Crippen LogP contribution >= 0.6 is 0 Å². The first-order valence-electron chi connectivity index (χ1n) is 21.7. The summed E-state index contributed by atoms with van der Waals surface area (Å²) in [5.74, 6) is -1.24. The molecule has 1 saturated heterocycles. The molecule has 0 bridgehead atoms. The molecule has 4 aromatic heterocycles. The summed E-state index contributed by atoms with van der Waals surface area (Å²) in [6.45, 7) is 8.57. The van der Waals surface area contributed by atoms with Crippen molar-refractivity contribution in [3.05, 3.63) is 120 Å². The van der Waals surface area contributed by atoms with E-state index in [9.17, 15) is 29.7 Å². The molecule has 0 atom stereocenters. The van der Waals surface area contributed by atoms with Gasteiger partial charge in [0.25, 0.3) is 0 Å². The molecule has 1 fully saturated rings. The zero-order valence-electron chi connectivity index (χ0n) is 36.2. The highest BCUT2D eigenvalue weighted by Gasteiger charge is 2.21. The summed E-state index contributed by atoms with van der Waals surface area (Å²) >= 11 is 0. The Balaban J connectivity index is 1.16. The number of aliphatic hydroxyl groups excluding tert-OH is 1. The van der Waals surface area contributed by atoms with E-state index < -0.39 is 12.3 Å². The van der Waals surface area contributed by atoms with Gasteiger partial charge >= 0.3 is 5.97 Å². The molecule has 0 aliphatic carbocycles. The number of amides is 2. The first-order valence-corrected chi connectivity index (χ1v) is 21.7. The predicted octanol–water partition coefficient (Wildman–Crippen LogP) is 0.211. The third-order valence-corrected chi connectivity index (χ3v) is 10.7. The van der Waals surface area contributed by atoms with Crippen LogP contribution in [0.15, 0.2) is 97.6 Å². The number of carbonyl (C=O) groups excluding carboxylic acids is 2. The monoisotopic (exact) mass is 869 g/mol. The van der Waals surface area contributed by atoms with Crippen molar-refractivity contribution in [3.63, 3.8) is 0 Å². The number of carboxylic acids is 1. The van der Waals surface area contributed by atoms with E-state index in [0.29, 0.717) is 111 Å². The zero-order valence-corrected chi connectivity index (χ0v) is 36.2. The summed E-state index contributed by atoms with van der Waals surface area (Å²) in [5.41, 5.74) is 3.68. The molecule has 18 heteroatoms. The van der Waals surface area contributed by atoms with Crippen molar-refractivity contribution in [1.29, 1.82) is 0 Å². The fraction of sp³-hybridized carbons (Fsp3) is 0.489. The second kappa shape index (κ2) is 27.7. The summed E-state index contributed by atoms with van der Waals surface area (Å²) in [5, 5.41) is 35.4. The summed E-state index contributed by atoms with van der Waals surface area (Å²) in [7, 11) is 0. The van der Waals surface area contributed by atoms with Crippen LogP contribution in [0, 0.1) is 0 Å². The van der Waals surface area contributed by atoms with E-state index >= 15 is 0 Å². The molecule has 5 N–H and O–H groups in total. The fourth-order valence-corrected chi connectivity index (χ4v) is 7.30. The van der Waals surface area contributed by atoms with Crippen molar-refractivity contribution < 1.29 is 29.7 Å². The first-order chi connectivity index (χ1) is 30.7. The van der Waals surface area contributed by atoms with Gasteiger partial charge in [0.2, 0.25) is 11.8 Å². The van der Waals surface area contributed by atoms with E-state index in [4.69, 9.17) is 0 Å². The second-order valence-electron chi connectivity index (χ2n) is 15.7. The highest BCUT2D eigenvalue weighted by Crippen LogP contribution is 2.09. The minimum atomic E-state index is -1.47. The summed E-state index contributed by atoms with van der Waals surface area (Å²) in [6, 6.07) is 23.2. The molecular weight excluding hydrogens is 805 g/mol. The van der Waals surface area contributed by atoms with Crippen molar-refractivity contribution >= 4 is 17.8 Å². The van der Waals surface area contributed by atoms with Gasteiger partial charge in [-0.25, -0.2) is 0 Å². The predicted molar refractivity (Wildman–Crippen MR) is 237 cm³/mol. The highest BCUT2D eigenvalue weighted by atomic mass is 16.5. The van der Waals surface area contributed by atoms with Gasteiger partial charge in [-0.05, 0) is 48.5 Å². The Labute approximate surface area is 370 Å². The van der Waals surface area contributed by atoms with Gasteiger partial charge in [-0.3, -0.25) is 58.8 Å². The van der Waals surface area contributed by atoms with Gasteiger partial charge in [0, 0.05) is 142 Å². The molecule has 0 saturated carbocycles. The van der Waals surface area contributed by atoms with Crippen molar-refractivity contribution in [1.82, 2.24) is 60.0 Å². The third-order valence-electron chi connectivity index (χ3n) is 10.7. The molecular formula is C45H64N12O6. The summed E-state index contributed by atoms with van der Waals surface area (Å²) in [4.78, 5) is 69.1. The fourth-order valence-electron chi connectivity index (χ4n) is 7.30. The van der Waals surface area contributed by atoms with Crippen LogP contribution < -0.4 is 10.6 Å². The van der Waals surface area contributed by atoms with Crippen LogP contribution in [0.4, 0.5) is 0 Å². The maximum atomic E-state index is 13.4. The largest absolute Gasteiger partial charge is 0.480 e. The number of hydrogen-bond acceptors (Lipinski definition) is 15. The molecule has 0 spiro atoms. The lowest BCUT2D eigenvalue weighted by molar-refractivity contribution is -0.138. The van der Waals surface area contributed by atoms with Gasteiger partial charge in [-0.1, -0.05) is 24.3 Å². The topological polar surface area (TPSA) is 207 Å². The first kappa shape index (κ1) is 48.7. The molecule has 5 heterocycles. The van der Waals surface area contributed by atoms with Gasteiger partial charge in [0.05, 0.1) is 42.4 Å². The lowest BCUT2D eigenvalue weighted by Gasteiger charge is -2.33. The van der Waals surface area contributed by atoms with E-state index in [-0.39, 0.29) is 37.9 Å². The maximum Gasteiger partial charge on any atom is 0.317 e. The van der Waals surface area contributed by atoms with Crippen LogP contribution in [0.2, 0.25) is 0 Å². The van der Waals surface area contributed by atoms with E-state index in [0.717, 1.165) is 22.8 Å². The molecule has 18 nitrogen and oxygen atoms in total. The lowest BCUT2D eigenvalue weighted by atomic mass is 10.2. The van der Waals surface area contributed by atoms with Gasteiger partial charge in [-0.2, -0.15) is 0 Å². The van der Waals surface area contributed by atoms with E-state index in [1.807, 2.05) is 87.5 Å². The zero-order chi connectivity index (χ0) is 44.5. The Morgan fingerprint density at radius 2 is 0.857 bits per heavy atom. The highest BCUT2D eigenvalue weighted by molar-refractivity contribution is 5.78. The molecule has 2 amide bonds. The Bertz CT molecular complexity index is 1680. The lowest BCUT2D eigenvalue weighted by Crippen LogP contribution is -2.50. The standard InChI is InChI=1S/C45H64N12O6/c58-42(50-18-21-56(31-38-9-1-5-14-46-38)32-39-10-2-6-15-47-39)35-53-25-23-52(20-13-44(60)61)24-26-54(28-30-55(29-27-53)37-45(62)63)36-43(59)51-19-22-57(33-40-11-3-7-16-48-40)34-41-12-4-8-17-49-41/h1-12,14-17,44,60-61H,13,18-37H2,(H,50,58)(H,51,59)(H,62,63). The number of aromatic nitrogens is 4. The van der Waals surface area contributed by atoms with Crippen LogP contribution in [0.5, 0.6) is 0 Å². The van der Waals surface area contributed by atoms with Crippen molar-refractivity contribution in [2.45, 2.75) is 38.9 Å². The molecule has 1 aliphatic rings. The Morgan fingerprint density at radius 1 is 0.524 bits per heavy atom. The van der Waals surface area contributed by atoms with Crippen LogP contribution in [-0.2, 0) is 40.6 Å². The molecule has 0 unspecified atom stereocenters. The number of aliphatic hydroxyl groups is 2. The maximum absolute atomic E-state index is 13.4. The quantitative estimate of drug-likeness (QED) is 0.0632.